The highest BCUT2D eigenvalue weighted by Crippen LogP contribution is 2.31. The molecule has 1 aromatic heterocycles. The van der Waals surface area contributed by atoms with E-state index in [1.165, 1.54) is 6.07 Å². The Morgan fingerprint density at radius 2 is 1.72 bits per heavy atom. The van der Waals surface area contributed by atoms with E-state index in [4.69, 9.17) is 33.0 Å². The first-order chi connectivity index (χ1) is 15.2. The number of aryl methyl sites for hydroxylation is 1. The molecule has 0 unspecified atom stereocenters. The molecule has 0 aliphatic heterocycles. The molecule has 2 amide bonds. The Hall–Kier alpha value is -2.29. The number of aliphatic carboxylic acids is 1. The summed E-state index contributed by atoms with van der Waals surface area (Å²) in [6.07, 6.45) is 2.62. The number of hydrogen-bond donors (Lipinski definition) is 3. The number of carbonyl (C=O) groups excluding carboxylic acids is 2. The summed E-state index contributed by atoms with van der Waals surface area (Å²) in [5.74, 6) is -0.901. The van der Waals surface area contributed by atoms with Gasteiger partial charge in [-0.2, -0.15) is 0 Å². The van der Waals surface area contributed by atoms with Crippen molar-refractivity contribution < 1.29 is 24.2 Å². The van der Waals surface area contributed by atoms with Crippen LogP contribution in [0.25, 0.3) is 0 Å². The van der Waals surface area contributed by atoms with Crippen LogP contribution in [0.4, 0.5) is 0 Å². The van der Waals surface area contributed by atoms with E-state index in [-0.39, 0.29) is 36.9 Å². The second-order valence-electron chi connectivity index (χ2n) is 7.65. The number of carboxylic acids is 1. The van der Waals surface area contributed by atoms with Crippen molar-refractivity contribution in [3.05, 3.63) is 49.6 Å². The molecule has 0 bridgehead atoms. The number of nitrogens with one attached hydrogen (secondary N) is 2. The van der Waals surface area contributed by atoms with Gasteiger partial charge in [-0.1, -0.05) is 23.2 Å². The topological polar surface area (TPSA) is 105 Å². The number of benzene rings is 1. The third kappa shape index (κ3) is 6.37. The van der Waals surface area contributed by atoms with Gasteiger partial charge in [-0.25, -0.2) is 0 Å². The van der Waals surface area contributed by atoms with E-state index < -0.39 is 5.97 Å². The Kier molecular flexibility index (Phi) is 8.39. The monoisotopic (exact) mass is 498 g/mol. The van der Waals surface area contributed by atoms with Crippen LogP contribution in [0.3, 0.4) is 0 Å². The fraction of sp³-hybridized carbons (Fsp3) is 0.409. The summed E-state index contributed by atoms with van der Waals surface area (Å²) < 4.78 is 6.35. The van der Waals surface area contributed by atoms with Gasteiger partial charge in [-0.15, -0.1) is 11.3 Å². The van der Waals surface area contributed by atoms with Gasteiger partial charge in [-0.3, -0.25) is 14.4 Å². The van der Waals surface area contributed by atoms with Gasteiger partial charge < -0.3 is 20.5 Å². The standard InChI is InChI=1S/C22H24Cl2N2O5S/c1-12-10-15(31-14-4-2-13(3-5-14)22(29)30)6-7-16(12)20(27)25-8-9-26-21(28)18-11-17(23)19(24)32-18/h6-7,10-11,13-14H,2-5,8-9H2,1H3,(H,25,27)(H,26,28)(H,29,30). The third-order valence-electron chi connectivity index (χ3n) is 5.33. The highest BCUT2D eigenvalue weighted by molar-refractivity contribution is 7.18. The number of amides is 2. The average molecular weight is 499 g/mol. The van der Waals surface area contributed by atoms with Crippen molar-refractivity contribution >= 4 is 52.3 Å². The van der Waals surface area contributed by atoms with E-state index in [0.717, 1.165) is 16.9 Å². The minimum Gasteiger partial charge on any atom is -0.490 e. The molecule has 10 heteroatoms. The molecular weight excluding hydrogens is 475 g/mol. The van der Waals surface area contributed by atoms with Crippen LogP contribution < -0.4 is 15.4 Å². The third-order valence-corrected chi connectivity index (χ3v) is 7.20. The fourth-order valence-electron chi connectivity index (χ4n) is 3.58. The first-order valence-corrected chi connectivity index (χ1v) is 11.8. The van der Waals surface area contributed by atoms with E-state index in [9.17, 15) is 14.4 Å². The number of rotatable bonds is 8. The van der Waals surface area contributed by atoms with Crippen molar-refractivity contribution in [2.45, 2.75) is 38.7 Å². The van der Waals surface area contributed by atoms with Crippen LogP contribution in [-0.4, -0.2) is 42.1 Å². The number of carboxylic acid groups (broad SMARTS) is 1. The summed E-state index contributed by atoms with van der Waals surface area (Å²) in [6.45, 7) is 2.36. The molecule has 2 aromatic rings. The fourth-order valence-corrected chi connectivity index (χ4v) is 4.86. The predicted molar refractivity (Wildman–Crippen MR) is 124 cm³/mol. The zero-order valence-electron chi connectivity index (χ0n) is 17.5. The van der Waals surface area contributed by atoms with Crippen molar-refractivity contribution in [2.75, 3.05) is 13.1 Å². The van der Waals surface area contributed by atoms with Gasteiger partial charge in [0.25, 0.3) is 11.8 Å². The largest absolute Gasteiger partial charge is 0.490 e. The molecule has 32 heavy (non-hydrogen) atoms. The van der Waals surface area contributed by atoms with Crippen LogP contribution >= 0.6 is 34.5 Å². The lowest BCUT2D eigenvalue weighted by atomic mass is 9.87. The lowest BCUT2D eigenvalue weighted by Gasteiger charge is -2.27. The predicted octanol–water partition coefficient (Wildman–Crippen LogP) is 4.55. The summed E-state index contributed by atoms with van der Waals surface area (Å²) in [7, 11) is 0. The van der Waals surface area contributed by atoms with Gasteiger partial charge in [0.05, 0.1) is 21.9 Å². The quantitative estimate of drug-likeness (QED) is 0.463. The van der Waals surface area contributed by atoms with Crippen LogP contribution in [0.15, 0.2) is 24.3 Å². The number of halogens is 2. The first-order valence-electron chi connectivity index (χ1n) is 10.3. The van der Waals surface area contributed by atoms with Crippen molar-refractivity contribution in [1.29, 1.82) is 0 Å². The SMILES string of the molecule is Cc1cc(OC2CCC(C(=O)O)CC2)ccc1C(=O)NCCNC(=O)c1cc(Cl)c(Cl)s1. The number of ether oxygens (including phenoxy) is 1. The zero-order chi connectivity index (χ0) is 23.3. The van der Waals surface area contributed by atoms with Gasteiger partial charge in [0, 0.05) is 18.7 Å². The lowest BCUT2D eigenvalue weighted by molar-refractivity contribution is -0.143. The second-order valence-corrected chi connectivity index (χ2v) is 9.71. The Morgan fingerprint density at radius 3 is 2.28 bits per heavy atom. The van der Waals surface area contributed by atoms with Gasteiger partial charge in [-0.05, 0) is 62.4 Å². The molecule has 7 nitrogen and oxygen atoms in total. The van der Waals surface area contributed by atoms with Crippen molar-refractivity contribution in [1.82, 2.24) is 10.6 Å². The van der Waals surface area contributed by atoms with E-state index in [2.05, 4.69) is 10.6 Å². The lowest BCUT2D eigenvalue weighted by Crippen LogP contribution is -2.34. The number of thiophene rings is 1. The van der Waals surface area contributed by atoms with Crippen LogP contribution in [0.2, 0.25) is 9.36 Å². The molecule has 1 aliphatic rings. The van der Waals surface area contributed by atoms with E-state index in [1.54, 1.807) is 12.1 Å². The van der Waals surface area contributed by atoms with E-state index in [1.807, 2.05) is 13.0 Å². The highest BCUT2D eigenvalue weighted by atomic mass is 35.5. The second kappa shape index (κ2) is 11.0. The van der Waals surface area contributed by atoms with Crippen LogP contribution in [0.1, 0.15) is 51.3 Å². The summed E-state index contributed by atoms with van der Waals surface area (Å²) in [5.41, 5.74) is 1.29. The van der Waals surface area contributed by atoms with E-state index >= 15 is 0 Å². The highest BCUT2D eigenvalue weighted by Gasteiger charge is 2.27. The van der Waals surface area contributed by atoms with Gasteiger partial charge >= 0.3 is 5.97 Å². The molecular formula is C22H24Cl2N2O5S. The summed E-state index contributed by atoms with van der Waals surface area (Å²) in [5, 5.41) is 14.9. The molecule has 1 aromatic carbocycles. The normalized spacial score (nSPS) is 18.1. The number of carbonyl (C=O) groups is 3. The smallest absolute Gasteiger partial charge is 0.306 e. The summed E-state index contributed by atoms with van der Waals surface area (Å²) >= 11 is 12.8. The first kappa shape index (κ1) is 24.4. The minimum absolute atomic E-state index is 0.0126. The van der Waals surface area contributed by atoms with Crippen molar-refractivity contribution in [2.24, 2.45) is 5.92 Å². The molecule has 0 spiro atoms. The molecule has 0 saturated heterocycles. The van der Waals surface area contributed by atoms with Gasteiger partial charge in [0.2, 0.25) is 0 Å². The molecule has 1 fully saturated rings. The van der Waals surface area contributed by atoms with Gasteiger partial charge in [0.1, 0.15) is 10.1 Å². The Bertz CT molecular complexity index is 983. The Labute approximate surface area is 200 Å². The average Bonchev–Trinajstić information content (AvgIpc) is 3.10. The van der Waals surface area contributed by atoms with Crippen LogP contribution in [0.5, 0.6) is 5.75 Å². The maximum Gasteiger partial charge on any atom is 0.306 e. The minimum atomic E-state index is -0.741. The van der Waals surface area contributed by atoms with Crippen LogP contribution in [-0.2, 0) is 4.79 Å². The van der Waals surface area contributed by atoms with Crippen molar-refractivity contribution in [3.8, 4) is 5.75 Å². The molecule has 3 N–H and O–H groups in total. The molecule has 0 atom stereocenters. The molecule has 1 saturated carbocycles. The molecule has 3 rings (SSSR count). The Balaban J connectivity index is 1.44. The molecule has 172 valence electrons. The van der Waals surface area contributed by atoms with Crippen LogP contribution in [0, 0.1) is 12.8 Å². The molecule has 0 radical (unpaired) electrons. The summed E-state index contributed by atoms with van der Waals surface area (Å²) in [4.78, 5) is 36.0. The maximum absolute atomic E-state index is 12.5. The van der Waals surface area contributed by atoms with Crippen molar-refractivity contribution in [3.63, 3.8) is 0 Å². The Morgan fingerprint density at radius 1 is 1.06 bits per heavy atom. The molecule has 1 aliphatic carbocycles. The molecule has 1 heterocycles. The summed E-state index contributed by atoms with van der Waals surface area (Å²) in [6, 6.07) is 6.77. The zero-order valence-corrected chi connectivity index (χ0v) is 19.8. The van der Waals surface area contributed by atoms with E-state index in [0.29, 0.717) is 51.2 Å². The number of hydrogen-bond acceptors (Lipinski definition) is 5. The maximum atomic E-state index is 12.5. The van der Waals surface area contributed by atoms with Gasteiger partial charge in [0.15, 0.2) is 0 Å².